The van der Waals surface area contributed by atoms with E-state index in [1.54, 1.807) is 6.07 Å². The van der Waals surface area contributed by atoms with Crippen LogP contribution >= 0.6 is 11.6 Å². The van der Waals surface area contributed by atoms with Crippen molar-refractivity contribution in [2.24, 2.45) is 0 Å². The number of nitro benzene ring substituents is 1. The first kappa shape index (κ1) is 12.1. The highest BCUT2D eigenvalue weighted by Crippen LogP contribution is 2.31. The van der Waals surface area contributed by atoms with Gasteiger partial charge in [0.05, 0.1) is 15.6 Å². The van der Waals surface area contributed by atoms with Crippen LogP contribution in [-0.2, 0) is 0 Å². The first-order chi connectivity index (χ1) is 8.09. The van der Waals surface area contributed by atoms with Gasteiger partial charge in [-0.2, -0.15) is 0 Å². The fraction of sp³-hybridized carbons (Fsp3) is 0.455. The Hall–Kier alpha value is -1.33. The van der Waals surface area contributed by atoms with Crippen LogP contribution in [0, 0.1) is 10.1 Å². The van der Waals surface area contributed by atoms with Crippen molar-refractivity contribution in [3.63, 3.8) is 0 Å². The zero-order valence-corrected chi connectivity index (χ0v) is 10.3. The Morgan fingerprint density at radius 2 is 2.35 bits per heavy atom. The smallest absolute Gasteiger partial charge is 0.271 e. The van der Waals surface area contributed by atoms with Crippen LogP contribution in [-0.4, -0.2) is 30.6 Å². The second-order valence-electron chi connectivity index (χ2n) is 4.14. The lowest BCUT2D eigenvalue weighted by Crippen LogP contribution is -2.50. The minimum absolute atomic E-state index is 0.0292. The molecule has 1 atom stereocenters. The predicted octanol–water partition coefficient (Wildman–Crippen LogP) is 2.05. The quantitative estimate of drug-likeness (QED) is 0.649. The second-order valence-corrected chi connectivity index (χ2v) is 4.55. The van der Waals surface area contributed by atoms with Crippen LogP contribution in [0.1, 0.15) is 6.92 Å². The van der Waals surface area contributed by atoms with E-state index in [4.69, 9.17) is 11.6 Å². The molecule has 1 aliphatic rings. The van der Waals surface area contributed by atoms with Crippen LogP contribution in [0.3, 0.4) is 0 Å². The summed E-state index contributed by atoms with van der Waals surface area (Å²) in [5.41, 5.74) is 0.896. The Morgan fingerprint density at radius 1 is 1.59 bits per heavy atom. The lowest BCUT2D eigenvalue weighted by atomic mass is 10.1. The van der Waals surface area contributed by atoms with Crippen molar-refractivity contribution >= 4 is 23.0 Å². The van der Waals surface area contributed by atoms with E-state index in [0.29, 0.717) is 11.1 Å². The first-order valence-corrected chi connectivity index (χ1v) is 5.88. The molecule has 1 aromatic carbocycles. The number of piperazine rings is 1. The molecule has 0 aliphatic carbocycles. The van der Waals surface area contributed by atoms with Gasteiger partial charge in [0.15, 0.2) is 0 Å². The summed E-state index contributed by atoms with van der Waals surface area (Å²) >= 11 is 6.11. The minimum atomic E-state index is -0.434. The molecule has 6 heteroatoms. The zero-order valence-electron chi connectivity index (χ0n) is 9.52. The molecule has 17 heavy (non-hydrogen) atoms. The maximum Gasteiger partial charge on any atom is 0.271 e. The van der Waals surface area contributed by atoms with Gasteiger partial charge in [0.1, 0.15) is 0 Å². The Kier molecular flexibility index (Phi) is 3.49. The highest BCUT2D eigenvalue weighted by atomic mass is 35.5. The molecule has 0 amide bonds. The van der Waals surface area contributed by atoms with Crippen LogP contribution in [0.4, 0.5) is 11.4 Å². The third-order valence-electron chi connectivity index (χ3n) is 2.95. The number of nitro groups is 1. The minimum Gasteiger partial charge on any atom is -0.365 e. The van der Waals surface area contributed by atoms with Gasteiger partial charge in [-0.15, -0.1) is 0 Å². The lowest BCUT2D eigenvalue weighted by Gasteiger charge is -2.36. The van der Waals surface area contributed by atoms with Crippen molar-refractivity contribution in [1.29, 1.82) is 0 Å². The second kappa shape index (κ2) is 4.89. The van der Waals surface area contributed by atoms with Gasteiger partial charge >= 0.3 is 0 Å². The molecule has 0 aromatic heterocycles. The number of non-ortho nitro benzene ring substituents is 1. The van der Waals surface area contributed by atoms with E-state index >= 15 is 0 Å². The molecule has 92 valence electrons. The summed E-state index contributed by atoms with van der Waals surface area (Å²) in [5.74, 6) is 0. The molecule has 0 bridgehead atoms. The molecule has 2 rings (SSSR count). The summed E-state index contributed by atoms with van der Waals surface area (Å²) in [6.07, 6.45) is 0. The maximum atomic E-state index is 10.6. The molecule has 1 fully saturated rings. The number of benzene rings is 1. The highest BCUT2D eigenvalue weighted by molar-refractivity contribution is 6.33. The number of nitrogens with one attached hydrogen (secondary N) is 1. The van der Waals surface area contributed by atoms with Crippen LogP contribution in [0.2, 0.25) is 5.02 Å². The zero-order chi connectivity index (χ0) is 12.4. The summed E-state index contributed by atoms with van der Waals surface area (Å²) in [4.78, 5) is 12.4. The first-order valence-electron chi connectivity index (χ1n) is 5.51. The number of hydrogen-bond donors (Lipinski definition) is 1. The van der Waals surface area contributed by atoms with Gasteiger partial charge in [0, 0.05) is 37.8 Å². The van der Waals surface area contributed by atoms with Gasteiger partial charge in [0.2, 0.25) is 0 Å². The average Bonchev–Trinajstić information content (AvgIpc) is 2.30. The Bertz CT molecular complexity index is 439. The van der Waals surface area contributed by atoms with Crippen molar-refractivity contribution in [3.05, 3.63) is 33.3 Å². The number of hydrogen-bond acceptors (Lipinski definition) is 4. The Labute approximate surface area is 105 Å². The van der Waals surface area contributed by atoms with Crippen molar-refractivity contribution in [1.82, 2.24) is 5.32 Å². The summed E-state index contributed by atoms with van der Waals surface area (Å²) in [6.45, 7) is 4.76. The van der Waals surface area contributed by atoms with Gasteiger partial charge in [-0.05, 0) is 13.0 Å². The number of nitrogens with zero attached hydrogens (tertiary/aromatic N) is 2. The highest BCUT2D eigenvalue weighted by Gasteiger charge is 2.21. The summed E-state index contributed by atoms with van der Waals surface area (Å²) in [6, 6.07) is 4.96. The third kappa shape index (κ3) is 2.50. The average molecular weight is 256 g/mol. The van der Waals surface area contributed by atoms with Crippen molar-refractivity contribution in [2.45, 2.75) is 13.0 Å². The van der Waals surface area contributed by atoms with Crippen LogP contribution in [0.25, 0.3) is 0 Å². The van der Waals surface area contributed by atoms with E-state index in [9.17, 15) is 10.1 Å². The number of halogens is 1. The van der Waals surface area contributed by atoms with E-state index in [-0.39, 0.29) is 5.69 Å². The summed E-state index contributed by atoms with van der Waals surface area (Å²) in [7, 11) is 0. The van der Waals surface area contributed by atoms with Gasteiger partial charge in [0.25, 0.3) is 5.69 Å². The van der Waals surface area contributed by atoms with E-state index in [2.05, 4.69) is 17.1 Å². The van der Waals surface area contributed by atoms with Crippen LogP contribution in [0.15, 0.2) is 18.2 Å². The fourth-order valence-electron chi connectivity index (χ4n) is 2.04. The van der Waals surface area contributed by atoms with Crippen LogP contribution < -0.4 is 10.2 Å². The molecule has 0 radical (unpaired) electrons. The SMILES string of the molecule is CC1CNCCN1c1ccc([N+](=O)[O-])cc1Cl. The molecule has 1 aliphatic heterocycles. The van der Waals surface area contributed by atoms with E-state index in [0.717, 1.165) is 25.3 Å². The Balaban J connectivity index is 2.29. The molecule has 1 N–H and O–H groups in total. The van der Waals surface area contributed by atoms with Crippen molar-refractivity contribution in [2.75, 3.05) is 24.5 Å². The molecule has 1 unspecified atom stereocenters. The van der Waals surface area contributed by atoms with E-state index < -0.39 is 4.92 Å². The number of anilines is 1. The van der Waals surface area contributed by atoms with Gasteiger partial charge in [-0.1, -0.05) is 11.6 Å². The van der Waals surface area contributed by atoms with Gasteiger partial charge in [-0.25, -0.2) is 0 Å². The molecule has 0 saturated carbocycles. The third-order valence-corrected chi connectivity index (χ3v) is 3.26. The molecular formula is C11H14ClN3O2. The summed E-state index contributed by atoms with van der Waals surface area (Å²) in [5, 5.41) is 14.4. The molecule has 1 heterocycles. The van der Waals surface area contributed by atoms with E-state index in [1.807, 2.05) is 0 Å². The molecule has 5 nitrogen and oxygen atoms in total. The lowest BCUT2D eigenvalue weighted by molar-refractivity contribution is -0.384. The van der Waals surface area contributed by atoms with Crippen molar-refractivity contribution < 1.29 is 4.92 Å². The topological polar surface area (TPSA) is 58.4 Å². The predicted molar refractivity (Wildman–Crippen MR) is 67.8 cm³/mol. The standard InChI is InChI=1S/C11H14ClN3O2/c1-8-7-13-4-5-14(8)11-3-2-9(15(16)17)6-10(11)12/h2-3,6,8,13H,4-5,7H2,1H3. The molecule has 0 spiro atoms. The molecular weight excluding hydrogens is 242 g/mol. The monoisotopic (exact) mass is 255 g/mol. The van der Waals surface area contributed by atoms with Gasteiger partial charge < -0.3 is 10.2 Å². The largest absolute Gasteiger partial charge is 0.365 e. The van der Waals surface area contributed by atoms with Gasteiger partial charge in [-0.3, -0.25) is 10.1 Å². The fourth-order valence-corrected chi connectivity index (χ4v) is 2.32. The molecule has 1 aromatic rings. The maximum absolute atomic E-state index is 10.6. The normalized spacial score (nSPS) is 20.4. The van der Waals surface area contributed by atoms with Crippen LogP contribution in [0.5, 0.6) is 0 Å². The Morgan fingerprint density at radius 3 is 2.94 bits per heavy atom. The number of rotatable bonds is 2. The summed E-state index contributed by atoms with van der Waals surface area (Å²) < 4.78 is 0. The van der Waals surface area contributed by atoms with Crippen molar-refractivity contribution in [3.8, 4) is 0 Å². The molecule has 1 saturated heterocycles. The van der Waals surface area contributed by atoms with E-state index in [1.165, 1.54) is 12.1 Å².